The first kappa shape index (κ1) is 16.4. The lowest BCUT2D eigenvalue weighted by Crippen LogP contribution is -2.46. The van der Waals surface area contributed by atoms with Gasteiger partial charge in [0.05, 0.1) is 4.88 Å². The van der Waals surface area contributed by atoms with Crippen LogP contribution in [-0.2, 0) is 0 Å². The number of thiophene rings is 1. The third-order valence-electron chi connectivity index (χ3n) is 4.76. The number of carbonyl (C=O) groups is 1. The molecule has 3 heterocycles. The molecule has 4 rings (SSSR count). The standard InChI is InChI=1S/C19H22N2O3S/c1-20-14-3-2-8-21(12-14)19(22)18-7-6-17(25-18)13-4-5-15-16(11-13)24-10-9-23-15/h4-7,11,14,20H,2-3,8-10,12H2,1H3. The molecule has 1 atom stereocenters. The molecule has 6 heteroatoms. The van der Waals surface area contributed by atoms with Gasteiger partial charge in [0.25, 0.3) is 5.91 Å². The van der Waals surface area contributed by atoms with Gasteiger partial charge >= 0.3 is 0 Å². The first-order chi connectivity index (χ1) is 12.2. The van der Waals surface area contributed by atoms with Crippen LogP contribution in [0.15, 0.2) is 30.3 Å². The van der Waals surface area contributed by atoms with Crippen LogP contribution in [0.5, 0.6) is 11.5 Å². The van der Waals surface area contributed by atoms with E-state index in [1.165, 1.54) is 11.3 Å². The zero-order valence-corrected chi connectivity index (χ0v) is 15.1. The van der Waals surface area contributed by atoms with Gasteiger partial charge in [0.2, 0.25) is 0 Å². The lowest BCUT2D eigenvalue weighted by molar-refractivity contribution is 0.0703. The zero-order valence-electron chi connectivity index (χ0n) is 14.3. The number of fused-ring (bicyclic) bond motifs is 1. The second kappa shape index (κ2) is 7.06. The van der Waals surface area contributed by atoms with Crippen LogP contribution < -0.4 is 14.8 Å². The number of amides is 1. The van der Waals surface area contributed by atoms with Crippen molar-refractivity contribution in [2.24, 2.45) is 0 Å². The van der Waals surface area contributed by atoms with Crippen LogP contribution in [0.4, 0.5) is 0 Å². The van der Waals surface area contributed by atoms with E-state index >= 15 is 0 Å². The number of nitrogens with one attached hydrogen (secondary N) is 1. The normalized spacial score (nSPS) is 19.7. The Balaban J connectivity index is 1.53. The molecule has 1 saturated heterocycles. The molecule has 1 aromatic carbocycles. The number of nitrogens with zero attached hydrogens (tertiary/aromatic N) is 1. The summed E-state index contributed by atoms with van der Waals surface area (Å²) in [6.07, 6.45) is 2.19. The van der Waals surface area contributed by atoms with Crippen LogP contribution in [0.25, 0.3) is 10.4 Å². The minimum absolute atomic E-state index is 0.133. The van der Waals surface area contributed by atoms with Gasteiger partial charge in [-0.2, -0.15) is 0 Å². The Labute approximate surface area is 151 Å². The molecule has 0 radical (unpaired) electrons. The van der Waals surface area contributed by atoms with Crippen LogP contribution in [0.1, 0.15) is 22.5 Å². The number of hydrogen-bond donors (Lipinski definition) is 1. The Morgan fingerprint density at radius 3 is 2.88 bits per heavy atom. The van der Waals surface area contributed by atoms with Gasteiger partial charge in [0, 0.05) is 24.0 Å². The van der Waals surface area contributed by atoms with Crippen molar-refractivity contribution in [2.75, 3.05) is 33.4 Å². The van der Waals surface area contributed by atoms with E-state index in [9.17, 15) is 4.79 Å². The van der Waals surface area contributed by atoms with Crippen molar-refractivity contribution < 1.29 is 14.3 Å². The van der Waals surface area contributed by atoms with E-state index in [0.29, 0.717) is 19.3 Å². The van der Waals surface area contributed by atoms with E-state index < -0.39 is 0 Å². The van der Waals surface area contributed by atoms with Gasteiger partial charge in [-0.1, -0.05) is 0 Å². The second-order valence-corrected chi connectivity index (χ2v) is 7.49. The Kier molecular flexibility index (Phi) is 4.63. The van der Waals surface area contributed by atoms with Crippen molar-refractivity contribution in [2.45, 2.75) is 18.9 Å². The molecule has 0 aliphatic carbocycles. The van der Waals surface area contributed by atoms with Crippen LogP contribution in [0.3, 0.4) is 0 Å². The lowest BCUT2D eigenvalue weighted by atomic mass is 10.1. The van der Waals surface area contributed by atoms with Gasteiger partial charge in [-0.3, -0.25) is 4.79 Å². The molecule has 1 N–H and O–H groups in total. The quantitative estimate of drug-likeness (QED) is 0.916. The number of likely N-dealkylation sites (N-methyl/N-ethyl adjacent to an activating group) is 1. The van der Waals surface area contributed by atoms with Crippen molar-refractivity contribution in [1.29, 1.82) is 0 Å². The maximum atomic E-state index is 12.8. The Morgan fingerprint density at radius 1 is 1.20 bits per heavy atom. The maximum absolute atomic E-state index is 12.8. The predicted molar refractivity (Wildman–Crippen MR) is 98.7 cm³/mol. The van der Waals surface area contributed by atoms with Gasteiger partial charge in [-0.25, -0.2) is 0 Å². The molecule has 25 heavy (non-hydrogen) atoms. The fourth-order valence-electron chi connectivity index (χ4n) is 3.36. The molecule has 1 unspecified atom stereocenters. The summed E-state index contributed by atoms with van der Waals surface area (Å²) in [5, 5.41) is 3.28. The van der Waals surface area contributed by atoms with E-state index in [4.69, 9.17) is 9.47 Å². The minimum Gasteiger partial charge on any atom is -0.486 e. The summed E-state index contributed by atoms with van der Waals surface area (Å²) < 4.78 is 11.2. The summed E-state index contributed by atoms with van der Waals surface area (Å²) in [4.78, 5) is 16.6. The van der Waals surface area contributed by atoms with Crippen molar-refractivity contribution in [3.63, 3.8) is 0 Å². The Hall–Kier alpha value is -2.05. The van der Waals surface area contributed by atoms with E-state index in [2.05, 4.69) is 5.32 Å². The number of likely N-dealkylation sites (tertiary alicyclic amines) is 1. The number of rotatable bonds is 3. The number of hydrogen-bond acceptors (Lipinski definition) is 5. The average Bonchev–Trinajstić information content (AvgIpc) is 3.17. The molecule has 1 amide bonds. The maximum Gasteiger partial charge on any atom is 0.263 e. The summed E-state index contributed by atoms with van der Waals surface area (Å²) in [6, 6.07) is 10.3. The summed E-state index contributed by atoms with van der Waals surface area (Å²) in [5.74, 6) is 1.70. The molecule has 2 aliphatic heterocycles. The number of piperidine rings is 1. The Bertz CT molecular complexity index is 774. The highest BCUT2D eigenvalue weighted by molar-refractivity contribution is 7.17. The molecule has 0 spiro atoms. The molecule has 1 aromatic heterocycles. The van der Waals surface area contributed by atoms with Gasteiger partial charge in [-0.05, 0) is 55.8 Å². The van der Waals surface area contributed by atoms with Gasteiger partial charge in [-0.15, -0.1) is 11.3 Å². The first-order valence-corrected chi connectivity index (χ1v) is 9.52. The van der Waals surface area contributed by atoms with Gasteiger partial charge < -0.3 is 19.7 Å². The topological polar surface area (TPSA) is 50.8 Å². The lowest BCUT2D eigenvalue weighted by Gasteiger charge is -2.32. The van der Waals surface area contributed by atoms with E-state index in [-0.39, 0.29) is 5.91 Å². The molecule has 0 saturated carbocycles. The van der Waals surface area contributed by atoms with Crippen molar-refractivity contribution in [1.82, 2.24) is 10.2 Å². The van der Waals surface area contributed by atoms with Crippen LogP contribution >= 0.6 is 11.3 Å². The molecule has 0 bridgehead atoms. The molecule has 132 valence electrons. The smallest absolute Gasteiger partial charge is 0.263 e. The highest BCUT2D eigenvalue weighted by atomic mass is 32.1. The largest absolute Gasteiger partial charge is 0.486 e. The van der Waals surface area contributed by atoms with Crippen LogP contribution in [0, 0.1) is 0 Å². The number of benzene rings is 1. The molecular formula is C19H22N2O3S. The van der Waals surface area contributed by atoms with E-state index in [0.717, 1.165) is 52.7 Å². The molecule has 5 nitrogen and oxygen atoms in total. The van der Waals surface area contributed by atoms with Crippen molar-refractivity contribution >= 4 is 17.2 Å². The molecule has 2 aliphatic rings. The summed E-state index contributed by atoms with van der Waals surface area (Å²) in [6.45, 7) is 2.79. The third-order valence-corrected chi connectivity index (χ3v) is 5.88. The SMILES string of the molecule is CNC1CCCN(C(=O)c2ccc(-c3ccc4c(c3)OCCO4)s2)C1. The van der Waals surface area contributed by atoms with Crippen LogP contribution in [0.2, 0.25) is 0 Å². The van der Waals surface area contributed by atoms with Crippen molar-refractivity contribution in [3.05, 3.63) is 35.2 Å². The van der Waals surface area contributed by atoms with E-state index in [1.807, 2.05) is 42.3 Å². The fraction of sp³-hybridized carbons (Fsp3) is 0.421. The zero-order chi connectivity index (χ0) is 17.2. The molecule has 2 aromatic rings. The van der Waals surface area contributed by atoms with Crippen LogP contribution in [-0.4, -0.2) is 50.2 Å². The summed E-state index contributed by atoms with van der Waals surface area (Å²) >= 11 is 1.54. The average molecular weight is 358 g/mol. The Morgan fingerprint density at radius 2 is 2.04 bits per heavy atom. The number of ether oxygens (including phenoxy) is 2. The van der Waals surface area contributed by atoms with Gasteiger partial charge in [0.1, 0.15) is 13.2 Å². The van der Waals surface area contributed by atoms with E-state index in [1.54, 1.807) is 0 Å². The molecular weight excluding hydrogens is 336 g/mol. The predicted octanol–water partition coefficient (Wildman–Crippen LogP) is 3.01. The first-order valence-electron chi connectivity index (χ1n) is 8.71. The fourth-order valence-corrected chi connectivity index (χ4v) is 4.33. The second-order valence-electron chi connectivity index (χ2n) is 6.40. The summed E-state index contributed by atoms with van der Waals surface area (Å²) in [7, 11) is 1.96. The summed E-state index contributed by atoms with van der Waals surface area (Å²) in [5.41, 5.74) is 1.06. The highest BCUT2D eigenvalue weighted by Gasteiger charge is 2.24. The minimum atomic E-state index is 0.133. The van der Waals surface area contributed by atoms with Gasteiger partial charge in [0.15, 0.2) is 11.5 Å². The third kappa shape index (κ3) is 3.37. The molecule has 1 fully saturated rings. The highest BCUT2D eigenvalue weighted by Crippen LogP contribution is 2.37. The monoisotopic (exact) mass is 358 g/mol. The van der Waals surface area contributed by atoms with Crippen molar-refractivity contribution in [3.8, 4) is 21.9 Å². The number of carbonyl (C=O) groups excluding carboxylic acids is 1.